The summed E-state index contributed by atoms with van der Waals surface area (Å²) in [5.74, 6) is 1.76. The molecule has 2 heteroatoms. The first-order chi connectivity index (χ1) is 9.49. The molecule has 20 heavy (non-hydrogen) atoms. The smallest absolute Gasteiger partial charge is 0.119 e. The summed E-state index contributed by atoms with van der Waals surface area (Å²) in [7, 11) is 1.67. The summed E-state index contributed by atoms with van der Waals surface area (Å²) >= 11 is 0. The predicted octanol–water partition coefficient (Wildman–Crippen LogP) is 4.57. The Kier molecular flexibility index (Phi) is 4.33. The standard InChI is InChI=1S/C18H22O2/c1-18(2,3)15-7-11-17(12-8-15)20-13-14-5-9-16(19-4)10-6-14/h5-12H,13H2,1-4H3. The zero-order chi connectivity index (χ0) is 14.6. The fourth-order valence-electron chi connectivity index (χ4n) is 1.94. The Morgan fingerprint density at radius 3 is 1.85 bits per heavy atom. The average molecular weight is 270 g/mol. The maximum atomic E-state index is 5.79. The predicted molar refractivity (Wildman–Crippen MR) is 82.5 cm³/mol. The molecule has 0 fully saturated rings. The third-order valence-electron chi connectivity index (χ3n) is 3.28. The maximum Gasteiger partial charge on any atom is 0.119 e. The first-order valence-electron chi connectivity index (χ1n) is 6.85. The van der Waals surface area contributed by atoms with Gasteiger partial charge in [-0.25, -0.2) is 0 Å². The lowest BCUT2D eigenvalue weighted by Crippen LogP contribution is -2.10. The van der Waals surface area contributed by atoms with Crippen LogP contribution in [0.5, 0.6) is 11.5 Å². The van der Waals surface area contributed by atoms with E-state index in [1.54, 1.807) is 7.11 Å². The number of methoxy groups -OCH3 is 1. The Hall–Kier alpha value is -1.96. The molecule has 2 aromatic carbocycles. The van der Waals surface area contributed by atoms with Crippen LogP contribution in [0.4, 0.5) is 0 Å². The van der Waals surface area contributed by atoms with E-state index in [1.807, 2.05) is 36.4 Å². The highest BCUT2D eigenvalue weighted by molar-refractivity contribution is 5.32. The second kappa shape index (κ2) is 6.00. The molecule has 0 N–H and O–H groups in total. The van der Waals surface area contributed by atoms with Crippen molar-refractivity contribution in [1.29, 1.82) is 0 Å². The molecule has 0 saturated carbocycles. The van der Waals surface area contributed by atoms with E-state index in [2.05, 4.69) is 32.9 Å². The van der Waals surface area contributed by atoms with Gasteiger partial charge < -0.3 is 9.47 Å². The molecule has 2 rings (SSSR count). The van der Waals surface area contributed by atoms with Gasteiger partial charge >= 0.3 is 0 Å². The minimum Gasteiger partial charge on any atom is -0.497 e. The largest absolute Gasteiger partial charge is 0.497 e. The SMILES string of the molecule is COc1ccc(COc2ccc(C(C)(C)C)cc2)cc1. The summed E-state index contributed by atoms with van der Waals surface area (Å²) < 4.78 is 10.9. The van der Waals surface area contributed by atoms with E-state index in [4.69, 9.17) is 9.47 Å². The Morgan fingerprint density at radius 2 is 1.35 bits per heavy atom. The van der Waals surface area contributed by atoms with E-state index in [9.17, 15) is 0 Å². The van der Waals surface area contributed by atoms with E-state index in [0.717, 1.165) is 17.1 Å². The summed E-state index contributed by atoms with van der Waals surface area (Å²) in [6.45, 7) is 7.19. The Morgan fingerprint density at radius 1 is 0.800 bits per heavy atom. The second-order valence-corrected chi connectivity index (χ2v) is 5.91. The molecule has 0 aliphatic carbocycles. The molecule has 0 radical (unpaired) electrons. The molecule has 0 unspecified atom stereocenters. The fraction of sp³-hybridized carbons (Fsp3) is 0.333. The molecule has 0 aromatic heterocycles. The van der Waals surface area contributed by atoms with E-state index >= 15 is 0 Å². The van der Waals surface area contributed by atoms with Crippen LogP contribution >= 0.6 is 0 Å². The number of benzene rings is 2. The van der Waals surface area contributed by atoms with Crippen LogP contribution in [0.25, 0.3) is 0 Å². The Bertz CT molecular complexity index is 533. The van der Waals surface area contributed by atoms with E-state index in [1.165, 1.54) is 5.56 Å². The topological polar surface area (TPSA) is 18.5 Å². The first kappa shape index (κ1) is 14.4. The van der Waals surface area contributed by atoms with Crippen molar-refractivity contribution in [1.82, 2.24) is 0 Å². The monoisotopic (exact) mass is 270 g/mol. The molecule has 0 bridgehead atoms. The van der Waals surface area contributed by atoms with Gasteiger partial charge in [-0.1, -0.05) is 45.0 Å². The van der Waals surface area contributed by atoms with Gasteiger partial charge in [-0.05, 0) is 40.8 Å². The molecular formula is C18H22O2. The number of hydrogen-bond acceptors (Lipinski definition) is 2. The fourth-order valence-corrected chi connectivity index (χ4v) is 1.94. The highest BCUT2D eigenvalue weighted by Crippen LogP contribution is 2.24. The van der Waals surface area contributed by atoms with Crippen LogP contribution in [0.1, 0.15) is 31.9 Å². The number of ether oxygens (including phenoxy) is 2. The van der Waals surface area contributed by atoms with Crippen molar-refractivity contribution >= 4 is 0 Å². The summed E-state index contributed by atoms with van der Waals surface area (Å²) in [5.41, 5.74) is 2.62. The summed E-state index contributed by atoms with van der Waals surface area (Å²) in [6, 6.07) is 16.2. The third kappa shape index (κ3) is 3.77. The van der Waals surface area contributed by atoms with Crippen molar-refractivity contribution in [3.8, 4) is 11.5 Å². The second-order valence-electron chi connectivity index (χ2n) is 5.91. The molecule has 106 valence electrons. The van der Waals surface area contributed by atoms with E-state index in [-0.39, 0.29) is 5.41 Å². The van der Waals surface area contributed by atoms with Crippen molar-refractivity contribution in [3.05, 3.63) is 59.7 Å². The molecule has 2 aromatic rings. The van der Waals surface area contributed by atoms with Crippen LogP contribution in [0, 0.1) is 0 Å². The third-order valence-corrected chi connectivity index (χ3v) is 3.28. The van der Waals surface area contributed by atoms with Gasteiger partial charge in [0.05, 0.1) is 7.11 Å². The zero-order valence-electron chi connectivity index (χ0n) is 12.6. The molecule has 0 heterocycles. The molecular weight excluding hydrogens is 248 g/mol. The van der Waals surface area contributed by atoms with Gasteiger partial charge in [-0.2, -0.15) is 0 Å². The molecule has 0 aliphatic rings. The molecule has 0 saturated heterocycles. The van der Waals surface area contributed by atoms with Crippen LogP contribution in [-0.2, 0) is 12.0 Å². The molecule has 0 atom stereocenters. The normalized spacial score (nSPS) is 11.2. The molecule has 0 spiro atoms. The van der Waals surface area contributed by atoms with Crippen LogP contribution in [0.3, 0.4) is 0 Å². The maximum absolute atomic E-state index is 5.79. The van der Waals surface area contributed by atoms with Gasteiger partial charge in [-0.15, -0.1) is 0 Å². The van der Waals surface area contributed by atoms with E-state index in [0.29, 0.717) is 6.61 Å². The molecule has 0 aliphatic heterocycles. The molecule has 2 nitrogen and oxygen atoms in total. The van der Waals surface area contributed by atoms with Crippen molar-refractivity contribution in [2.24, 2.45) is 0 Å². The summed E-state index contributed by atoms with van der Waals surface area (Å²) in [5, 5.41) is 0. The minimum atomic E-state index is 0.175. The van der Waals surface area contributed by atoms with Gasteiger partial charge in [0.2, 0.25) is 0 Å². The lowest BCUT2D eigenvalue weighted by Gasteiger charge is -2.19. The summed E-state index contributed by atoms with van der Waals surface area (Å²) in [4.78, 5) is 0. The lowest BCUT2D eigenvalue weighted by molar-refractivity contribution is 0.305. The summed E-state index contributed by atoms with van der Waals surface area (Å²) in [6.07, 6.45) is 0. The van der Waals surface area contributed by atoms with Crippen LogP contribution in [0.2, 0.25) is 0 Å². The van der Waals surface area contributed by atoms with Crippen molar-refractivity contribution in [2.75, 3.05) is 7.11 Å². The Balaban J connectivity index is 1.96. The van der Waals surface area contributed by atoms with Crippen LogP contribution in [-0.4, -0.2) is 7.11 Å². The van der Waals surface area contributed by atoms with Crippen LogP contribution in [0.15, 0.2) is 48.5 Å². The highest BCUT2D eigenvalue weighted by Gasteiger charge is 2.12. The van der Waals surface area contributed by atoms with Crippen molar-refractivity contribution in [3.63, 3.8) is 0 Å². The minimum absolute atomic E-state index is 0.175. The lowest BCUT2D eigenvalue weighted by atomic mass is 9.87. The average Bonchev–Trinajstić information content (AvgIpc) is 2.45. The first-order valence-corrected chi connectivity index (χ1v) is 6.85. The number of hydrogen-bond donors (Lipinski definition) is 0. The zero-order valence-corrected chi connectivity index (χ0v) is 12.6. The molecule has 0 amide bonds. The van der Waals surface area contributed by atoms with Gasteiger partial charge in [0.15, 0.2) is 0 Å². The quantitative estimate of drug-likeness (QED) is 0.810. The highest BCUT2D eigenvalue weighted by atomic mass is 16.5. The van der Waals surface area contributed by atoms with Gasteiger partial charge in [0, 0.05) is 0 Å². The van der Waals surface area contributed by atoms with Crippen molar-refractivity contribution in [2.45, 2.75) is 32.8 Å². The van der Waals surface area contributed by atoms with Gasteiger partial charge in [0.1, 0.15) is 18.1 Å². The Labute approximate surface area is 121 Å². The van der Waals surface area contributed by atoms with Crippen LogP contribution < -0.4 is 9.47 Å². The van der Waals surface area contributed by atoms with E-state index < -0.39 is 0 Å². The van der Waals surface area contributed by atoms with Crippen molar-refractivity contribution < 1.29 is 9.47 Å². The van der Waals surface area contributed by atoms with Gasteiger partial charge in [-0.3, -0.25) is 0 Å². The number of rotatable bonds is 4. The van der Waals surface area contributed by atoms with Gasteiger partial charge in [0.25, 0.3) is 0 Å².